The highest BCUT2D eigenvalue weighted by Crippen LogP contribution is 2.32. The summed E-state index contributed by atoms with van der Waals surface area (Å²) in [5.41, 5.74) is 0.648. The van der Waals surface area contributed by atoms with E-state index in [-0.39, 0.29) is 24.5 Å². The Morgan fingerprint density at radius 3 is 2.26 bits per heavy atom. The van der Waals surface area contributed by atoms with E-state index in [1.54, 1.807) is 0 Å². The standard InChI is InChI=1S/C24H35N3O4/c28-16-15-26-11-7-18(8-12-26)17-25-23(29)19-3-5-21(6-4-19)31-22-9-13-27(14-10-22)24(30)20-1-2-20/h3-6,18,20,22,28H,1-2,7-17H2,(H,25,29). The van der Waals surface area contributed by atoms with Crippen molar-refractivity contribution >= 4 is 11.8 Å². The van der Waals surface area contributed by atoms with Crippen LogP contribution < -0.4 is 10.1 Å². The molecule has 2 heterocycles. The lowest BCUT2D eigenvalue weighted by molar-refractivity contribution is -0.134. The Morgan fingerprint density at radius 1 is 0.968 bits per heavy atom. The lowest BCUT2D eigenvalue weighted by atomic mass is 9.96. The van der Waals surface area contributed by atoms with Gasteiger partial charge in [-0.25, -0.2) is 0 Å². The van der Waals surface area contributed by atoms with Crippen LogP contribution in [-0.2, 0) is 4.79 Å². The molecule has 3 aliphatic rings. The maximum absolute atomic E-state index is 12.5. The molecular formula is C24H35N3O4. The molecule has 1 aromatic carbocycles. The van der Waals surface area contributed by atoms with Crippen molar-refractivity contribution in [2.24, 2.45) is 11.8 Å². The minimum atomic E-state index is -0.0452. The molecule has 1 saturated carbocycles. The summed E-state index contributed by atoms with van der Waals surface area (Å²) in [6, 6.07) is 7.37. The molecule has 0 radical (unpaired) electrons. The van der Waals surface area contributed by atoms with Gasteiger partial charge in [0.25, 0.3) is 5.91 Å². The molecule has 1 aliphatic carbocycles. The van der Waals surface area contributed by atoms with Gasteiger partial charge in [0, 0.05) is 50.5 Å². The van der Waals surface area contributed by atoms with Crippen LogP contribution in [0, 0.1) is 11.8 Å². The third-order valence-electron chi connectivity index (χ3n) is 6.77. The lowest BCUT2D eigenvalue weighted by Crippen LogP contribution is -2.42. The second kappa shape index (κ2) is 10.5. The Balaban J connectivity index is 1.17. The molecule has 0 aromatic heterocycles. The van der Waals surface area contributed by atoms with Crippen LogP contribution in [-0.4, -0.2) is 78.7 Å². The van der Waals surface area contributed by atoms with Gasteiger partial charge >= 0.3 is 0 Å². The number of aliphatic hydroxyl groups excluding tert-OH is 1. The van der Waals surface area contributed by atoms with Gasteiger partial charge in [-0.1, -0.05) is 0 Å². The number of aliphatic hydroxyl groups is 1. The number of piperidine rings is 2. The number of rotatable bonds is 8. The summed E-state index contributed by atoms with van der Waals surface area (Å²) in [6.45, 7) is 5.17. The van der Waals surface area contributed by atoms with Crippen molar-refractivity contribution in [3.63, 3.8) is 0 Å². The first kappa shape index (κ1) is 22.1. The Kier molecular flexibility index (Phi) is 7.45. The maximum atomic E-state index is 12.5. The minimum Gasteiger partial charge on any atom is -0.490 e. The molecule has 0 spiro atoms. The number of hydrogen-bond donors (Lipinski definition) is 2. The van der Waals surface area contributed by atoms with E-state index in [0.717, 1.165) is 77.0 Å². The summed E-state index contributed by atoms with van der Waals surface area (Å²) < 4.78 is 6.09. The van der Waals surface area contributed by atoms with Crippen LogP contribution in [0.15, 0.2) is 24.3 Å². The fourth-order valence-electron chi connectivity index (χ4n) is 4.55. The van der Waals surface area contributed by atoms with E-state index < -0.39 is 0 Å². The first-order valence-electron chi connectivity index (χ1n) is 11.8. The molecule has 2 saturated heterocycles. The predicted octanol–water partition coefficient (Wildman–Crippen LogP) is 1.90. The molecule has 2 amide bonds. The second-order valence-electron chi connectivity index (χ2n) is 9.16. The first-order valence-corrected chi connectivity index (χ1v) is 11.8. The van der Waals surface area contributed by atoms with Crippen molar-refractivity contribution < 1.29 is 19.4 Å². The van der Waals surface area contributed by atoms with Gasteiger partial charge in [-0.15, -0.1) is 0 Å². The monoisotopic (exact) mass is 429 g/mol. The fourth-order valence-corrected chi connectivity index (χ4v) is 4.55. The Labute approximate surface area is 184 Å². The molecule has 0 unspecified atom stereocenters. The summed E-state index contributed by atoms with van der Waals surface area (Å²) in [7, 11) is 0. The second-order valence-corrected chi connectivity index (χ2v) is 9.16. The van der Waals surface area contributed by atoms with E-state index in [1.165, 1.54) is 0 Å². The molecule has 0 bridgehead atoms. The summed E-state index contributed by atoms with van der Waals surface area (Å²) in [5.74, 6) is 1.84. The number of amides is 2. The molecule has 1 aromatic rings. The van der Waals surface area contributed by atoms with Crippen molar-refractivity contribution in [2.45, 2.75) is 44.6 Å². The van der Waals surface area contributed by atoms with Crippen LogP contribution in [0.4, 0.5) is 0 Å². The summed E-state index contributed by atoms with van der Waals surface area (Å²) in [6.07, 6.45) is 6.06. The average molecular weight is 430 g/mol. The molecule has 0 atom stereocenters. The van der Waals surface area contributed by atoms with Gasteiger partial charge in [0.1, 0.15) is 11.9 Å². The minimum absolute atomic E-state index is 0.0452. The van der Waals surface area contributed by atoms with Crippen LogP contribution >= 0.6 is 0 Å². The number of nitrogens with zero attached hydrogens (tertiary/aromatic N) is 2. The first-order chi connectivity index (χ1) is 15.1. The van der Waals surface area contributed by atoms with Crippen LogP contribution in [0.1, 0.15) is 48.9 Å². The molecule has 7 heteroatoms. The number of hydrogen-bond acceptors (Lipinski definition) is 5. The SMILES string of the molecule is O=C(NCC1CCN(CCO)CC1)c1ccc(OC2CCN(C(=O)C3CC3)CC2)cc1. The molecule has 3 fully saturated rings. The quantitative estimate of drug-likeness (QED) is 0.660. The number of carbonyl (C=O) groups excluding carboxylic acids is 2. The lowest BCUT2D eigenvalue weighted by Gasteiger charge is -2.32. The van der Waals surface area contributed by atoms with Crippen molar-refractivity contribution in [2.75, 3.05) is 45.9 Å². The number of ether oxygens (including phenoxy) is 1. The molecule has 4 rings (SSSR count). The van der Waals surface area contributed by atoms with E-state index >= 15 is 0 Å². The Morgan fingerprint density at radius 2 is 1.65 bits per heavy atom. The van der Waals surface area contributed by atoms with Gasteiger partial charge in [-0.05, 0) is 69.0 Å². The van der Waals surface area contributed by atoms with Crippen molar-refractivity contribution in [1.82, 2.24) is 15.1 Å². The fraction of sp³-hybridized carbons (Fsp3) is 0.667. The van der Waals surface area contributed by atoms with Gasteiger partial charge in [-0.3, -0.25) is 9.59 Å². The van der Waals surface area contributed by atoms with Gasteiger partial charge in [-0.2, -0.15) is 0 Å². The van der Waals surface area contributed by atoms with Crippen LogP contribution in [0.2, 0.25) is 0 Å². The van der Waals surface area contributed by atoms with Crippen LogP contribution in [0.25, 0.3) is 0 Å². The number of nitrogens with one attached hydrogen (secondary N) is 1. The third-order valence-corrected chi connectivity index (χ3v) is 6.77. The van der Waals surface area contributed by atoms with E-state index in [4.69, 9.17) is 9.84 Å². The molecular weight excluding hydrogens is 394 g/mol. The average Bonchev–Trinajstić information content (AvgIpc) is 3.65. The Bertz CT molecular complexity index is 734. The van der Waals surface area contributed by atoms with Gasteiger partial charge in [0.05, 0.1) is 6.61 Å². The van der Waals surface area contributed by atoms with Gasteiger partial charge in [0.2, 0.25) is 5.91 Å². The van der Waals surface area contributed by atoms with E-state index in [9.17, 15) is 9.59 Å². The number of β-amino-alcohol motifs (C(OH)–C–C–N with tert-alkyl or cyclic N) is 1. The highest BCUT2D eigenvalue weighted by molar-refractivity contribution is 5.94. The molecule has 170 valence electrons. The predicted molar refractivity (Wildman–Crippen MR) is 118 cm³/mol. The topological polar surface area (TPSA) is 82.1 Å². The molecule has 31 heavy (non-hydrogen) atoms. The smallest absolute Gasteiger partial charge is 0.251 e. The van der Waals surface area contributed by atoms with Gasteiger partial charge < -0.3 is 25.0 Å². The van der Waals surface area contributed by atoms with E-state index in [1.807, 2.05) is 29.2 Å². The van der Waals surface area contributed by atoms with Crippen LogP contribution in [0.5, 0.6) is 5.75 Å². The zero-order valence-corrected chi connectivity index (χ0v) is 18.3. The largest absolute Gasteiger partial charge is 0.490 e. The third kappa shape index (κ3) is 6.20. The van der Waals surface area contributed by atoms with E-state index in [0.29, 0.717) is 23.9 Å². The zero-order chi connectivity index (χ0) is 21.6. The van der Waals surface area contributed by atoms with Gasteiger partial charge in [0.15, 0.2) is 0 Å². The highest BCUT2D eigenvalue weighted by Gasteiger charge is 2.35. The summed E-state index contributed by atoms with van der Waals surface area (Å²) in [4.78, 5) is 28.9. The molecule has 7 nitrogen and oxygen atoms in total. The Hall–Kier alpha value is -2.12. The highest BCUT2D eigenvalue weighted by atomic mass is 16.5. The summed E-state index contributed by atoms with van der Waals surface area (Å²) >= 11 is 0. The normalized spacial score (nSPS) is 21.1. The van der Waals surface area contributed by atoms with Crippen molar-refractivity contribution in [3.8, 4) is 5.75 Å². The number of carbonyl (C=O) groups is 2. The molecule has 2 aliphatic heterocycles. The zero-order valence-electron chi connectivity index (χ0n) is 18.3. The number of benzene rings is 1. The van der Waals surface area contributed by atoms with E-state index in [2.05, 4.69) is 10.2 Å². The maximum Gasteiger partial charge on any atom is 0.251 e. The van der Waals surface area contributed by atoms with Crippen LogP contribution in [0.3, 0.4) is 0 Å². The van der Waals surface area contributed by atoms with Crippen molar-refractivity contribution in [1.29, 1.82) is 0 Å². The molecule has 2 N–H and O–H groups in total. The number of likely N-dealkylation sites (tertiary alicyclic amines) is 2. The summed E-state index contributed by atoms with van der Waals surface area (Å²) in [5, 5.41) is 12.1. The van der Waals surface area contributed by atoms with Crippen molar-refractivity contribution in [3.05, 3.63) is 29.8 Å².